The smallest absolute Gasteiger partial charge is 0.271 e. The van der Waals surface area contributed by atoms with E-state index < -0.39 is 5.91 Å². The molecule has 0 saturated carbocycles. The molecule has 3 aromatic heterocycles. The van der Waals surface area contributed by atoms with Gasteiger partial charge in [0, 0.05) is 43.0 Å². The molecule has 4 aromatic rings. The predicted octanol–water partition coefficient (Wildman–Crippen LogP) is 2.64. The second-order valence-corrected chi connectivity index (χ2v) is 8.34. The molecule has 34 heavy (non-hydrogen) atoms. The average molecular weight is 461 g/mol. The third kappa shape index (κ3) is 5.12. The van der Waals surface area contributed by atoms with Gasteiger partial charge in [-0.25, -0.2) is 4.98 Å². The van der Waals surface area contributed by atoms with Crippen molar-refractivity contribution in [3.63, 3.8) is 0 Å². The van der Waals surface area contributed by atoms with E-state index in [0.717, 1.165) is 28.8 Å². The number of pyridine rings is 1. The highest BCUT2D eigenvalue weighted by atomic mass is 16.5. The first-order valence-corrected chi connectivity index (χ1v) is 10.9. The Labute approximate surface area is 197 Å². The van der Waals surface area contributed by atoms with E-state index in [9.17, 15) is 4.79 Å². The molecule has 10 heteroatoms. The Morgan fingerprint density at radius 1 is 1.18 bits per heavy atom. The Morgan fingerprint density at radius 2 is 1.97 bits per heavy atom. The quantitative estimate of drug-likeness (QED) is 0.391. The average Bonchev–Trinajstić information content (AvgIpc) is 3.25. The molecule has 4 rings (SSSR count). The Morgan fingerprint density at radius 3 is 2.62 bits per heavy atom. The van der Waals surface area contributed by atoms with Gasteiger partial charge in [-0.2, -0.15) is 5.10 Å². The highest BCUT2D eigenvalue weighted by molar-refractivity contribution is 6.05. The molecule has 0 fully saturated rings. The summed E-state index contributed by atoms with van der Waals surface area (Å²) in [5.41, 5.74) is 9.51. The van der Waals surface area contributed by atoms with Crippen LogP contribution in [0.1, 0.15) is 29.1 Å². The van der Waals surface area contributed by atoms with Crippen LogP contribution in [-0.2, 0) is 7.05 Å². The van der Waals surface area contributed by atoms with Crippen LogP contribution in [-0.4, -0.2) is 63.0 Å². The first-order chi connectivity index (χ1) is 16.3. The van der Waals surface area contributed by atoms with E-state index in [1.807, 2.05) is 75.6 Å². The number of aryl methyl sites for hydroxylation is 1. The molecule has 0 aliphatic heterocycles. The van der Waals surface area contributed by atoms with Crippen LogP contribution in [0.3, 0.4) is 0 Å². The number of fused-ring (bicyclic) bond motifs is 1. The van der Waals surface area contributed by atoms with Crippen molar-refractivity contribution in [2.24, 2.45) is 12.8 Å². The van der Waals surface area contributed by atoms with E-state index in [1.165, 1.54) is 0 Å². The van der Waals surface area contributed by atoms with Crippen LogP contribution in [0.4, 0.5) is 5.69 Å². The van der Waals surface area contributed by atoms with Crippen molar-refractivity contribution < 1.29 is 9.53 Å². The molecule has 0 radical (unpaired) electrons. The lowest BCUT2D eigenvalue weighted by atomic mass is 10.0. The van der Waals surface area contributed by atoms with Crippen molar-refractivity contribution in [3.05, 3.63) is 60.2 Å². The summed E-state index contributed by atoms with van der Waals surface area (Å²) < 4.78 is 7.41. The van der Waals surface area contributed by atoms with Crippen LogP contribution < -0.4 is 15.8 Å². The molecule has 3 heterocycles. The van der Waals surface area contributed by atoms with Crippen LogP contribution in [0, 0.1) is 0 Å². The first kappa shape index (κ1) is 23.1. The Balaban J connectivity index is 1.68. The Bertz CT molecular complexity index is 1300. The number of amides is 1. The molecule has 1 aromatic carbocycles. The number of benzene rings is 1. The molecule has 0 aliphatic rings. The van der Waals surface area contributed by atoms with Gasteiger partial charge in [0.15, 0.2) is 5.69 Å². The fourth-order valence-electron chi connectivity index (χ4n) is 3.53. The topological polar surface area (TPSA) is 124 Å². The molecule has 0 bridgehead atoms. The number of hydrogen-bond acceptors (Lipinski definition) is 8. The van der Waals surface area contributed by atoms with Gasteiger partial charge in [0.2, 0.25) is 5.88 Å². The van der Waals surface area contributed by atoms with Gasteiger partial charge in [-0.15, -0.1) is 10.2 Å². The van der Waals surface area contributed by atoms with Gasteiger partial charge >= 0.3 is 0 Å². The lowest BCUT2D eigenvalue weighted by Gasteiger charge is -2.17. The summed E-state index contributed by atoms with van der Waals surface area (Å²) >= 11 is 0. The normalized spacial score (nSPS) is 12.1. The molecule has 10 nitrogen and oxygen atoms in total. The van der Waals surface area contributed by atoms with Crippen molar-refractivity contribution in [2.45, 2.75) is 13.0 Å². The Kier molecular flexibility index (Phi) is 6.69. The predicted molar refractivity (Wildman–Crippen MR) is 131 cm³/mol. The third-order valence-electron chi connectivity index (χ3n) is 5.39. The number of nitrogens with two attached hydrogens (primary N) is 1. The SMILES string of the molecule is C[C@H](Nc1c(C(N)=O)nnc2ccc(-c3ccc(OCCN(C)C)nc3)cc12)c1ccn(C)n1. The maximum absolute atomic E-state index is 12.1. The minimum atomic E-state index is -0.656. The zero-order valence-electron chi connectivity index (χ0n) is 19.7. The molecular formula is C24H28N8O2. The number of carbonyl (C=O) groups excluding carboxylic acids is 1. The minimum absolute atomic E-state index is 0.0789. The van der Waals surface area contributed by atoms with Gasteiger partial charge in [-0.1, -0.05) is 6.07 Å². The summed E-state index contributed by atoms with van der Waals surface area (Å²) in [6.07, 6.45) is 3.63. The molecule has 0 aliphatic carbocycles. The molecule has 1 amide bonds. The maximum Gasteiger partial charge on any atom is 0.271 e. The highest BCUT2D eigenvalue weighted by Gasteiger charge is 2.19. The third-order valence-corrected chi connectivity index (χ3v) is 5.39. The van der Waals surface area contributed by atoms with Gasteiger partial charge in [-0.3, -0.25) is 9.48 Å². The van der Waals surface area contributed by atoms with E-state index in [4.69, 9.17) is 10.5 Å². The number of likely N-dealkylation sites (N-methyl/N-ethyl adjacent to an activating group) is 1. The summed E-state index contributed by atoms with van der Waals surface area (Å²) in [5.74, 6) is -0.0868. The van der Waals surface area contributed by atoms with Crippen molar-refractivity contribution in [2.75, 3.05) is 32.6 Å². The van der Waals surface area contributed by atoms with E-state index >= 15 is 0 Å². The minimum Gasteiger partial charge on any atom is -0.476 e. The standard InChI is InChI=1S/C24H28N8O2/c1-15(19-9-10-32(4)30-19)27-22-18-13-16(5-7-20(18)28-29-23(22)24(25)33)17-6-8-21(26-14-17)34-12-11-31(2)3/h5-10,13-15H,11-12H2,1-4H3,(H2,25,33)(H,27,28)/t15-/m0/s1. The van der Waals surface area contributed by atoms with Crippen molar-refractivity contribution in [1.82, 2.24) is 29.9 Å². The first-order valence-electron chi connectivity index (χ1n) is 10.9. The summed E-state index contributed by atoms with van der Waals surface area (Å²) in [4.78, 5) is 18.6. The van der Waals surface area contributed by atoms with E-state index in [0.29, 0.717) is 23.7 Å². The largest absolute Gasteiger partial charge is 0.476 e. The number of aromatic nitrogens is 5. The van der Waals surface area contributed by atoms with Gasteiger partial charge in [0.05, 0.1) is 22.9 Å². The number of primary amides is 1. The zero-order valence-corrected chi connectivity index (χ0v) is 19.7. The van der Waals surface area contributed by atoms with E-state index in [-0.39, 0.29) is 11.7 Å². The maximum atomic E-state index is 12.1. The number of carbonyl (C=O) groups is 1. The monoisotopic (exact) mass is 460 g/mol. The lowest BCUT2D eigenvalue weighted by Crippen LogP contribution is -2.19. The summed E-state index contributed by atoms with van der Waals surface area (Å²) in [6.45, 7) is 3.33. The van der Waals surface area contributed by atoms with Crippen LogP contribution in [0.25, 0.3) is 22.0 Å². The van der Waals surface area contributed by atoms with E-state index in [2.05, 4.69) is 25.6 Å². The second kappa shape index (κ2) is 9.84. The number of nitrogens with one attached hydrogen (secondary N) is 1. The Hall–Kier alpha value is -4.05. The van der Waals surface area contributed by atoms with E-state index in [1.54, 1.807) is 10.9 Å². The van der Waals surface area contributed by atoms with Crippen molar-refractivity contribution in [1.29, 1.82) is 0 Å². The molecule has 0 spiro atoms. The second-order valence-electron chi connectivity index (χ2n) is 8.34. The number of rotatable bonds is 9. The molecular weight excluding hydrogens is 432 g/mol. The number of nitrogens with zero attached hydrogens (tertiary/aromatic N) is 6. The summed E-state index contributed by atoms with van der Waals surface area (Å²) in [5, 5.41) is 16.8. The van der Waals surface area contributed by atoms with Crippen LogP contribution in [0.5, 0.6) is 5.88 Å². The lowest BCUT2D eigenvalue weighted by molar-refractivity contribution is 0.0995. The molecule has 1 atom stereocenters. The fraction of sp³-hybridized carbons (Fsp3) is 0.292. The van der Waals surface area contributed by atoms with Gasteiger partial charge in [0.25, 0.3) is 5.91 Å². The number of ether oxygens (including phenoxy) is 1. The molecule has 0 unspecified atom stereocenters. The molecule has 3 N–H and O–H groups in total. The number of hydrogen-bond donors (Lipinski definition) is 2. The summed E-state index contributed by atoms with van der Waals surface area (Å²) in [6, 6.07) is 11.3. The fourth-order valence-corrected chi connectivity index (χ4v) is 3.53. The van der Waals surface area contributed by atoms with Crippen LogP contribution in [0.2, 0.25) is 0 Å². The van der Waals surface area contributed by atoms with Gasteiger partial charge in [0.1, 0.15) is 6.61 Å². The summed E-state index contributed by atoms with van der Waals surface area (Å²) in [7, 11) is 5.84. The molecule has 176 valence electrons. The van der Waals surface area contributed by atoms with Crippen LogP contribution in [0.15, 0.2) is 48.8 Å². The highest BCUT2D eigenvalue weighted by Crippen LogP contribution is 2.32. The zero-order chi connectivity index (χ0) is 24.2. The van der Waals surface area contributed by atoms with Crippen molar-refractivity contribution in [3.8, 4) is 17.0 Å². The molecule has 0 saturated heterocycles. The van der Waals surface area contributed by atoms with Gasteiger partial charge < -0.3 is 20.7 Å². The number of anilines is 1. The van der Waals surface area contributed by atoms with Gasteiger partial charge in [-0.05, 0) is 50.8 Å². The van der Waals surface area contributed by atoms with Crippen molar-refractivity contribution >= 4 is 22.5 Å². The van der Waals surface area contributed by atoms with Crippen LogP contribution >= 0.6 is 0 Å².